The van der Waals surface area contributed by atoms with E-state index in [2.05, 4.69) is 21.1 Å². The van der Waals surface area contributed by atoms with E-state index in [-0.39, 0.29) is 4.90 Å². The average molecular weight is 469 g/mol. The molecule has 0 fully saturated rings. The Morgan fingerprint density at radius 3 is 2.56 bits per heavy atom. The number of nitrogens with one attached hydrogen (secondary N) is 2. The predicted molar refractivity (Wildman–Crippen MR) is 132 cm³/mol. The minimum Gasteiger partial charge on any atom is -0.459 e. The van der Waals surface area contributed by atoms with E-state index in [1.807, 2.05) is 37.3 Å². The topological polar surface area (TPSA) is 108 Å². The van der Waals surface area contributed by atoms with Gasteiger partial charge in [-0.1, -0.05) is 18.2 Å². The van der Waals surface area contributed by atoms with Crippen molar-refractivity contribution in [3.63, 3.8) is 0 Å². The van der Waals surface area contributed by atoms with Gasteiger partial charge >= 0.3 is 0 Å². The molecule has 0 aliphatic heterocycles. The number of aryl methyl sites for hydroxylation is 1. The molecule has 2 N–H and O–H groups in total. The maximum atomic E-state index is 13.1. The molecule has 0 saturated carbocycles. The third kappa shape index (κ3) is 4.05. The lowest BCUT2D eigenvalue weighted by molar-refractivity contribution is 0.556. The van der Waals surface area contributed by atoms with Crippen LogP contribution in [0.5, 0.6) is 0 Å². The highest BCUT2D eigenvalue weighted by molar-refractivity contribution is 7.93. The van der Waals surface area contributed by atoms with Crippen LogP contribution >= 0.6 is 0 Å². The van der Waals surface area contributed by atoms with E-state index in [4.69, 9.17) is 9.68 Å². The third-order valence-electron chi connectivity index (χ3n) is 5.64. The van der Waals surface area contributed by atoms with E-state index in [9.17, 15) is 8.42 Å². The standard InChI is InChI=1S/C26H20N4O3S/c1-17-22-12-11-21(30-34(31,32)25-6-2-4-19-5-3-13-28-26(19)25)14-23(22)33-24(17)16-29-20-9-7-18(15-27)8-10-20/h2-14,29-30H,16H2,1H3. The molecule has 2 heterocycles. The van der Waals surface area contributed by atoms with Crippen molar-refractivity contribution in [2.75, 3.05) is 10.0 Å². The van der Waals surface area contributed by atoms with Gasteiger partial charge in [0, 0.05) is 34.3 Å². The Morgan fingerprint density at radius 2 is 1.76 bits per heavy atom. The fourth-order valence-electron chi connectivity index (χ4n) is 3.86. The smallest absolute Gasteiger partial charge is 0.264 e. The zero-order chi connectivity index (χ0) is 23.7. The number of furan rings is 1. The van der Waals surface area contributed by atoms with Gasteiger partial charge in [-0.15, -0.1) is 0 Å². The van der Waals surface area contributed by atoms with Crippen LogP contribution in [0.1, 0.15) is 16.9 Å². The van der Waals surface area contributed by atoms with Gasteiger partial charge in [0.25, 0.3) is 10.0 Å². The van der Waals surface area contributed by atoms with Crippen LogP contribution in [0.25, 0.3) is 21.9 Å². The first kappa shape index (κ1) is 21.5. The van der Waals surface area contributed by atoms with Gasteiger partial charge in [0.05, 0.1) is 29.4 Å². The van der Waals surface area contributed by atoms with Gasteiger partial charge in [0.1, 0.15) is 16.2 Å². The molecule has 0 unspecified atom stereocenters. The fourth-order valence-corrected chi connectivity index (χ4v) is 5.09. The van der Waals surface area contributed by atoms with Crippen LogP contribution in [-0.4, -0.2) is 13.4 Å². The Kier molecular flexibility index (Phi) is 5.40. The molecule has 34 heavy (non-hydrogen) atoms. The second kappa shape index (κ2) is 8.54. The number of fused-ring (bicyclic) bond motifs is 2. The van der Waals surface area contributed by atoms with E-state index < -0.39 is 10.0 Å². The molecular formula is C26H20N4O3S. The van der Waals surface area contributed by atoms with Crippen molar-refractivity contribution in [2.24, 2.45) is 0 Å². The Morgan fingerprint density at radius 1 is 1.00 bits per heavy atom. The van der Waals surface area contributed by atoms with Crippen molar-refractivity contribution in [1.82, 2.24) is 4.98 Å². The quantitative estimate of drug-likeness (QED) is 0.337. The molecule has 168 valence electrons. The molecule has 3 aromatic carbocycles. The number of hydrogen-bond donors (Lipinski definition) is 2. The second-order valence-corrected chi connectivity index (χ2v) is 9.49. The molecule has 8 heteroatoms. The van der Waals surface area contributed by atoms with Crippen molar-refractivity contribution >= 4 is 43.3 Å². The normalized spacial score (nSPS) is 11.4. The summed E-state index contributed by atoms with van der Waals surface area (Å²) in [6, 6.07) is 23.2. The maximum Gasteiger partial charge on any atom is 0.264 e. The zero-order valence-electron chi connectivity index (χ0n) is 18.2. The summed E-state index contributed by atoms with van der Waals surface area (Å²) in [5, 5.41) is 13.9. The molecule has 5 rings (SSSR count). The van der Waals surface area contributed by atoms with Crippen LogP contribution in [0.3, 0.4) is 0 Å². The van der Waals surface area contributed by atoms with Gasteiger partial charge in [0.2, 0.25) is 0 Å². The molecule has 2 aromatic heterocycles. The summed E-state index contributed by atoms with van der Waals surface area (Å²) < 4.78 is 34.9. The lowest BCUT2D eigenvalue weighted by Gasteiger charge is -2.10. The number of rotatable bonds is 6. The van der Waals surface area contributed by atoms with Crippen LogP contribution in [0.2, 0.25) is 0 Å². The molecule has 5 aromatic rings. The molecule has 0 atom stereocenters. The number of sulfonamides is 1. The molecule has 0 amide bonds. The van der Waals surface area contributed by atoms with E-state index in [1.165, 1.54) is 0 Å². The lowest BCUT2D eigenvalue weighted by Crippen LogP contribution is -2.13. The number of hydrogen-bond acceptors (Lipinski definition) is 6. The average Bonchev–Trinajstić information content (AvgIpc) is 3.17. The first-order chi connectivity index (χ1) is 16.4. The van der Waals surface area contributed by atoms with E-state index in [0.717, 1.165) is 27.8 Å². The van der Waals surface area contributed by atoms with E-state index >= 15 is 0 Å². The Balaban J connectivity index is 1.40. The minimum atomic E-state index is -3.85. The molecule has 0 bridgehead atoms. The summed E-state index contributed by atoms with van der Waals surface area (Å²) >= 11 is 0. The van der Waals surface area contributed by atoms with Crippen molar-refractivity contribution in [1.29, 1.82) is 5.26 Å². The zero-order valence-corrected chi connectivity index (χ0v) is 19.1. The summed E-state index contributed by atoms with van der Waals surface area (Å²) in [6.45, 7) is 2.42. The van der Waals surface area contributed by atoms with Crippen molar-refractivity contribution in [3.8, 4) is 6.07 Å². The Hall–Kier alpha value is -4.35. The molecule has 0 saturated heterocycles. The predicted octanol–water partition coefficient (Wildman–Crippen LogP) is 5.57. The number of pyridine rings is 1. The second-order valence-electron chi connectivity index (χ2n) is 7.84. The Bertz CT molecular complexity index is 1660. The SMILES string of the molecule is Cc1c(CNc2ccc(C#N)cc2)oc2cc(NS(=O)(=O)c3cccc4cccnc34)ccc12. The largest absolute Gasteiger partial charge is 0.459 e. The summed E-state index contributed by atoms with van der Waals surface area (Å²) in [5.41, 5.74) is 3.86. The minimum absolute atomic E-state index is 0.119. The van der Waals surface area contributed by atoms with Crippen LogP contribution in [-0.2, 0) is 16.6 Å². The van der Waals surface area contributed by atoms with Gasteiger partial charge in [0.15, 0.2) is 0 Å². The number of aromatic nitrogens is 1. The maximum absolute atomic E-state index is 13.1. The van der Waals surface area contributed by atoms with Crippen molar-refractivity contribution in [3.05, 3.63) is 95.9 Å². The van der Waals surface area contributed by atoms with Gasteiger partial charge in [-0.05, 0) is 55.5 Å². The summed E-state index contributed by atoms with van der Waals surface area (Å²) in [5.74, 6) is 0.748. The Labute approximate surface area is 196 Å². The van der Waals surface area contributed by atoms with Crippen LogP contribution in [0.15, 0.2) is 88.3 Å². The molecule has 7 nitrogen and oxygen atoms in total. The van der Waals surface area contributed by atoms with E-state index in [1.54, 1.807) is 48.7 Å². The molecule has 0 radical (unpaired) electrons. The van der Waals surface area contributed by atoms with E-state index in [0.29, 0.717) is 28.9 Å². The van der Waals surface area contributed by atoms with Crippen LogP contribution < -0.4 is 10.0 Å². The van der Waals surface area contributed by atoms with Gasteiger partial charge in [-0.3, -0.25) is 9.71 Å². The number of nitrogens with zero attached hydrogens (tertiary/aromatic N) is 2. The van der Waals surface area contributed by atoms with Gasteiger partial charge in [-0.2, -0.15) is 5.26 Å². The number of anilines is 2. The molecule has 0 aliphatic rings. The lowest BCUT2D eigenvalue weighted by atomic mass is 10.1. The summed E-state index contributed by atoms with van der Waals surface area (Å²) in [4.78, 5) is 4.37. The number of benzene rings is 3. The number of nitriles is 1. The first-order valence-corrected chi connectivity index (χ1v) is 12.1. The van der Waals surface area contributed by atoms with Gasteiger partial charge < -0.3 is 9.73 Å². The van der Waals surface area contributed by atoms with Crippen molar-refractivity contribution < 1.29 is 12.8 Å². The fraction of sp³-hybridized carbons (Fsp3) is 0.0769. The van der Waals surface area contributed by atoms with Crippen LogP contribution in [0, 0.1) is 18.3 Å². The van der Waals surface area contributed by atoms with Crippen LogP contribution in [0.4, 0.5) is 11.4 Å². The van der Waals surface area contributed by atoms with Crippen molar-refractivity contribution in [2.45, 2.75) is 18.4 Å². The molecular weight excluding hydrogens is 448 g/mol. The summed E-state index contributed by atoms with van der Waals surface area (Å²) in [6.07, 6.45) is 1.58. The van der Waals surface area contributed by atoms with Gasteiger partial charge in [-0.25, -0.2) is 8.42 Å². The highest BCUT2D eigenvalue weighted by Gasteiger charge is 2.19. The monoisotopic (exact) mass is 468 g/mol. The third-order valence-corrected chi connectivity index (χ3v) is 7.05. The first-order valence-electron chi connectivity index (χ1n) is 10.6. The summed E-state index contributed by atoms with van der Waals surface area (Å²) in [7, 11) is -3.85. The number of para-hydroxylation sites is 1. The molecule has 0 spiro atoms. The highest BCUT2D eigenvalue weighted by Crippen LogP contribution is 2.30. The highest BCUT2D eigenvalue weighted by atomic mass is 32.2. The molecule has 0 aliphatic carbocycles.